The molecule has 3 atom stereocenters. The monoisotopic (exact) mass is 232 g/mol. The van der Waals surface area contributed by atoms with Crippen LogP contribution < -0.4 is 0 Å². The minimum Gasteiger partial charge on any atom is -0.368 e. The van der Waals surface area contributed by atoms with E-state index in [1.165, 1.54) is 19.3 Å². The summed E-state index contributed by atoms with van der Waals surface area (Å²) in [5.41, 5.74) is 0.570. The fraction of sp³-hybridized carbons (Fsp3) is 0.750. The lowest BCUT2D eigenvalue weighted by Gasteiger charge is -2.60. The lowest BCUT2D eigenvalue weighted by molar-refractivity contribution is -0.122. The molecule has 2 bridgehead atoms. The summed E-state index contributed by atoms with van der Waals surface area (Å²) < 4.78 is 5.70. The molecule has 0 N–H and O–H groups in total. The molecule has 0 radical (unpaired) electrons. The van der Waals surface area contributed by atoms with Crippen molar-refractivity contribution in [2.24, 2.45) is 23.2 Å². The van der Waals surface area contributed by atoms with Gasteiger partial charge in [0.2, 0.25) is 0 Å². The molecule has 3 fully saturated rings. The summed E-state index contributed by atoms with van der Waals surface area (Å²) in [7, 11) is 0. The zero-order chi connectivity index (χ0) is 12.3. The van der Waals surface area contributed by atoms with Crippen molar-refractivity contribution in [3.8, 4) is 11.8 Å². The maximum Gasteiger partial charge on any atom is 0.107 e. The van der Waals surface area contributed by atoms with Gasteiger partial charge in [0.1, 0.15) is 6.61 Å². The van der Waals surface area contributed by atoms with Crippen LogP contribution in [0.3, 0.4) is 0 Å². The van der Waals surface area contributed by atoms with Gasteiger partial charge in [-0.2, -0.15) is 0 Å². The van der Waals surface area contributed by atoms with Crippen LogP contribution in [0.25, 0.3) is 0 Å². The molecule has 0 heterocycles. The molecule has 0 saturated heterocycles. The van der Waals surface area contributed by atoms with Crippen molar-refractivity contribution in [2.45, 2.75) is 39.5 Å². The summed E-state index contributed by atoms with van der Waals surface area (Å²) >= 11 is 0. The van der Waals surface area contributed by atoms with E-state index in [1.54, 1.807) is 0 Å². The minimum atomic E-state index is 0.570. The van der Waals surface area contributed by atoms with Gasteiger partial charge < -0.3 is 4.74 Å². The van der Waals surface area contributed by atoms with Gasteiger partial charge in [-0.25, -0.2) is 0 Å². The summed E-state index contributed by atoms with van der Waals surface area (Å²) in [5, 5.41) is 0. The van der Waals surface area contributed by atoms with Crippen LogP contribution in [0, 0.1) is 35.0 Å². The quantitative estimate of drug-likeness (QED) is 0.408. The van der Waals surface area contributed by atoms with E-state index in [1.807, 2.05) is 6.08 Å². The molecule has 17 heavy (non-hydrogen) atoms. The van der Waals surface area contributed by atoms with Crippen molar-refractivity contribution in [2.75, 3.05) is 13.2 Å². The zero-order valence-corrected chi connectivity index (χ0v) is 11.2. The van der Waals surface area contributed by atoms with Gasteiger partial charge in [0.05, 0.1) is 6.61 Å². The zero-order valence-electron chi connectivity index (χ0n) is 11.2. The lowest BCUT2D eigenvalue weighted by Crippen LogP contribution is -2.53. The van der Waals surface area contributed by atoms with E-state index >= 15 is 0 Å². The van der Waals surface area contributed by atoms with Gasteiger partial charge in [-0.3, -0.25) is 0 Å². The van der Waals surface area contributed by atoms with Crippen LogP contribution >= 0.6 is 0 Å². The topological polar surface area (TPSA) is 9.23 Å². The minimum absolute atomic E-state index is 0.570. The molecule has 0 spiro atoms. The highest BCUT2D eigenvalue weighted by Crippen LogP contribution is 2.61. The Morgan fingerprint density at radius 1 is 1.35 bits per heavy atom. The SMILES string of the molecule is C=CCC#CCOCC1CCC2CC1C2(C)C. The van der Waals surface area contributed by atoms with Gasteiger partial charge >= 0.3 is 0 Å². The van der Waals surface area contributed by atoms with E-state index in [4.69, 9.17) is 4.74 Å². The molecule has 0 aromatic rings. The van der Waals surface area contributed by atoms with E-state index in [0.29, 0.717) is 12.0 Å². The molecular formula is C16H24O. The predicted octanol–water partition coefficient (Wildman–Crippen LogP) is 3.65. The average Bonchev–Trinajstić information content (AvgIpc) is 2.33. The Balaban J connectivity index is 1.70. The van der Waals surface area contributed by atoms with Crippen LogP contribution in [0.4, 0.5) is 0 Å². The first-order chi connectivity index (χ1) is 8.16. The standard InChI is InChI=1S/C16H24O/c1-4-5-6-7-10-17-12-13-8-9-14-11-15(13)16(14,2)3/h4,13-15H,1,5,8-12H2,2-3H3. The smallest absolute Gasteiger partial charge is 0.107 e. The molecule has 94 valence electrons. The van der Waals surface area contributed by atoms with Crippen molar-refractivity contribution >= 4 is 0 Å². The van der Waals surface area contributed by atoms with Gasteiger partial charge in [-0.15, -0.1) is 6.58 Å². The van der Waals surface area contributed by atoms with Crippen LogP contribution in [0.2, 0.25) is 0 Å². The highest BCUT2D eigenvalue weighted by atomic mass is 16.5. The Morgan fingerprint density at radius 3 is 2.82 bits per heavy atom. The molecule has 1 heteroatoms. The number of fused-ring (bicyclic) bond motifs is 2. The number of hydrogen-bond acceptors (Lipinski definition) is 1. The van der Waals surface area contributed by atoms with Crippen LogP contribution in [-0.4, -0.2) is 13.2 Å². The number of allylic oxidation sites excluding steroid dienone is 1. The molecule has 0 amide bonds. The number of ether oxygens (including phenoxy) is 1. The second-order valence-corrected chi connectivity index (χ2v) is 6.06. The Morgan fingerprint density at radius 2 is 2.18 bits per heavy atom. The van der Waals surface area contributed by atoms with E-state index in [9.17, 15) is 0 Å². The Kier molecular flexibility index (Phi) is 3.94. The van der Waals surface area contributed by atoms with E-state index in [0.717, 1.165) is 30.8 Å². The Hall–Kier alpha value is -0.740. The fourth-order valence-electron chi connectivity index (χ4n) is 3.62. The predicted molar refractivity (Wildman–Crippen MR) is 71.5 cm³/mol. The molecule has 3 saturated carbocycles. The van der Waals surface area contributed by atoms with Crippen molar-refractivity contribution < 1.29 is 4.74 Å². The van der Waals surface area contributed by atoms with Crippen molar-refractivity contribution in [1.82, 2.24) is 0 Å². The molecule has 1 nitrogen and oxygen atoms in total. The highest BCUT2D eigenvalue weighted by Gasteiger charge is 2.53. The van der Waals surface area contributed by atoms with E-state index < -0.39 is 0 Å². The first-order valence-electron chi connectivity index (χ1n) is 6.80. The van der Waals surface area contributed by atoms with E-state index in [2.05, 4.69) is 32.3 Å². The van der Waals surface area contributed by atoms with Crippen molar-refractivity contribution in [3.63, 3.8) is 0 Å². The van der Waals surface area contributed by atoms with Crippen LogP contribution in [0.1, 0.15) is 39.5 Å². The summed E-state index contributed by atoms with van der Waals surface area (Å²) in [6.45, 7) is 10.00. The van der Waals surface area contributed by atoms with Gasteiger partial charge in [0, 0.05) is 6.42 Å². The molecule has 3 unspecified atom stereocenters. The molecule has 3 aliphatic carbocycles. The highest BCUT2D eigenvalue weighted by molar-refractivity contribution is 5.04. The number of rotatable bonds is 4. The Labute approximate surface area is 106 Å². The Bertz CT molecular complexity index is 329. The third-order valence-corrected chi connectivity index (χ3v) is 4.88. The summed E-state index contributed by atoms with van der Waals surface area (Å²) in [5.74, 6) is 8.70. The van der Waals surface area contributed by atoms with Crippen molar-refractivity contribution in [1.29, 1.82) is 0 Å². The molecule has 3 aliphatic rings. The molecule has 0 aromatic heterocycles. The number of hydrogen-bond donors (Lipinski definition) is 0. The molecule has 0 aliphatic heterocycles. The second-order valence-electron chi connectivity index (χ2n) is 6.06. The van der Waals surface area contributed by atoms with Crippen molar-refractivity contribution in [3.05, 3.63) is 12.7 Å². The van der Waals surface area contributed by atoms with Crippen LogP contribution in [0.5, 0.6) is 0 Å². The largest absolute Gasteiger partial charge is 0.368 e. The third kappa shape index (κ3) is 2.58. The lowest BCUT2D eigenvalue weighted by atomic mass is 9.46. The van der Waals surface area contributed by atoms with Crippen LogP contribution in [-0.2, 0) is 4.74 Å². The summed E-state index contributed by atoms with van der Waals surface area (Å²) in [6.07, 6.45) is 6.79. The van der Waals surface area contributed by atoms with Crippen LogP contribution in [0.15, 0.2) is 12.7 Å². The van der Waals surface area contributed by atoms with Gasteiger partial charge in [0.25, 0.3) is 0 Å². The first-order valence-corrected chi connectivity index (χ1v) is 6.80. The van der Waals surface area contributed by atoms with Gasteiger partial charge in [-0.05, 0) is 42.4 Å². The van der Waals surface area contributed by atoms with E-state index in [-0.39, 0.29) is 0 Å². The second kappa shape index (κ2) is 5.27. The maximum absolute atomic E-state index is 5.70. The molecule has 3 rings (SSSR count). The summed E-state index contributed by atoms with van der Waals surface area (Å²) in [6, 6.07) is 0. The van der Waals surface area contributed by atoms with Gasteiger partial charge in [0.15, 0.2) is 0 Å². The normalized spacial score (nSPS) is 33.2. The first kappa shape index (κ1) is 12.7. The molecular weight excluding hydrogens is 208 g/mol. The average molecular weight is 232 g/mol. The fourth-order valence-corrected chi connectivity index (χ4v) is 3.62. The maximum atomic E-state index is 5.70. The van der Waals surface area contributed by atoms with Gasteiger partial charge in [-0.1, -0.05) is 31.8 Å². The summed E-state index contributed by atoms with van der Waals surface area (Å²) in [4.78, 5) is 0. The molecule has 0 aromatic carbocycles. The third-order valence-electron chi connectivity index (χ3n) is 4.88.